The normalized spacial score (nSPS) is 11.3. The molecular weight excluding hydrogens is 379 g/mol. The average molecular weight is 394 g/mol. The van der Waals surface area contributed by atoms with Crippen molar-refractivity contribution in [2.45, 2.75) is 12.7 Å². The van der Waals surface area contributed by atoms with Gasteiger partial charge >= 0.3 is 6.18 Å². The van der Waals surface area contributed by atoms with Crippen LogP contribution >= 0.6 is 11.6 Å². The quantitative estimate of drug-likeness (QED) is 0.666. The third kappa shape index (κ3) is 4.85. The molecule has 0 aliphatic heterocycles. The van der Waals surface area contributed by atoms with Crippen LogP contribution in [-0.4, -0.2) is 22.2 Å². The van der Waals surface area contributed by atoms with E-state index in [-0.39, 0.29) is 22.5 Å². The highest BCUT2D eigenvalue weighted by Crippen LogP contribution is 2.37. The summed E-state index contributed by atoms with van der Waals surface area (Å²) in [5, 5.41) is 10.4. The fraction of sp³-hybridized carbons (Fsp3) is 0.167. The van der Waals surface area contributed by atoms with Gasteiger partial charge in [-0.25, -0.2) is 0 Å². The van der Waals surface area contributed by atoms with Gasteiger partial charge in [-0.3, -0.25) is 0 Å². The Kier molecular flexibility index (Phi) is 5.46. The van der Waals surface area contributed by atoms with Crippen molar-refractivity contribution >= 4 is 29.1 Å². The summed E-state index contributed by atoms with van der Waals surface area (Å²) in [6.45, 7) is 0.528. The van der Waals surface area contributed by atoms with Gasteiger partial charge in [0, 0.05) is 18.6 Å². The first-order valence-electron chi connectivity index (χ1n) is 7.91. The zero-order valence-corrected chi connectivity index (χ0v) is 15.0. The van der Waals surface area contributed by atoms with Crippen LogP contribution in [0.4, 0.5) is 30.6 Å². The van der Waals surface area contributed by atoms with Gasteiger partial charge in [-0.1, -0.05) is 41.9 Å². The Morgan fingerprint density at radius 3 is 2.56 bits per heavy atom. The molecule has 0 saturated carbocycles. The van der Waals surface area contributed by atoms with Gasteiger partial charge in [-0.05, 0) is 23.8 Å². The standard InChI is InChI=1S/C18H15ClF3N5/c1-27(11-12-5-3-2-4-6-12)17-25-16(10-23-26-17)24-15-8-7-13(19)9-14(15)18(20,21)22/h2-10H,11H2,1H3,(H,24,25,26). The third-order valence-corrected chi connectivity index (χ3v) is 3.94. The summed E-state index contributed by atoms with van der Waals surface area (Å²) in [5.41, 5.74) is -0.00381. The maximum absolute atomic E-state index is 13.2. The van der Waals surface area contributed by atoms with Crippen LogP contribution in [0.15, 0.2) is 54.7 Å². The zero-order chi connectivity index (χ0) is 19.4. The molecule has 27 heavy (non-hydrogen) atoms. The van der Waals surface area contributed by atoms with E-state index in [0.717, 1.165) is 11.6 Å². The second-order valence-electron chi connectivity index (χ2n) is 5.80. The van der Waals surface area contributed by atoms with E-state index in [1.165, 1.54) is 18.3 Å². The molecule has 2 aromatic carbocycles. The van der Waals surface area contributed by atoms with Gasteiger partial charge in [0.25, 0.3) is 0 Å². The van der Waals surface area contributed by atoms with Crippen LogP contribution < -0.4 is 10.2 Å². The maximum Gasteiger partial charge on any atom is 0.418 e. The molecule has 1 heterocycles. The van der Waals surface area contributed by atoms with Crippen molar-refractivity contribution in [1.29, 1.82) is 0 Å². The Balaban J connectivity index is 1.83. The smallest absolute Gasteiger partial charge is 0.338 e. The molecule has 0 bridgehead atoms. The molecule has 5 nitrogen and oxygen atoms in total. The Labute approximate surface area is 158 Å². The van der Waals surface area contributed by atoms with Gasteiger partial charge in [0.2, 0.25) is 5.95 Å². The van der Waals surface area contributed by atoms with E-state index in [9.17, 15) is 13.2 Å². The van der Waals surface area contributed by atoms with Gasteiger partial charge < -0.3 is 10.2 Å². The van der Waals surface area contributed by atoms with Crippen molar-refractivity contribution in [3.8, 4) is 0 Å². The average Bonchev–Trinajstić information content (AvgIpc) is 2.63. The minimum absolute atomic E-state index is 0.00280. The molecule has 0 unspecified atom stereocenters. The summed E-state index contributed by atoms with van der Waals surface area (Å²) < 4.78 is 39.7. The van der Waals surface area contributed by atoms with Crippen LogP contribution in [-0.2, 0) is 12.7 Å². The van der Waals surface area contributed by atoms with E-state index in [0.29, 0.717) is 6.54 Å². The summed E-state index contributed by atoms with van der Waals surface area (Å²) >= 11 is 5.70. The topological polar surface area (TPSA) is 53.9 Å². The second-order valence-corrected chi connectivity index (χ2v) is 6.23. The molecule has 9 heteroatoms. The monoisotopic (exact) mass is 393 g/mol. The minimum Gasteiger partial charge on any atom is -0.338 e. The highest BCUT2D eigenvalue weighted by Gasteiger charge is 2.34. The van der Waals surface area contributed by atoms with Crippen molar-refractivity contribution in [3.05, 3.63) is 70.9 Å². The molecule has 3 aromatic rings. The highest BCUT2D eigenvalue weighted by atomic mass is 35.5. The summed E-state index contributed by atoms with van der Waals surface area (Å²) in [6, 6.07) is 13.1. The molecule has 0 fully saturated rings. The molecule has 0 saturated heterocycles. The van der Waals surface area contributed by atoms with Crippen LogP contribution in [0.25, 0.3) is 0 Å². The zero-order valence-electron chi connectivity index (χ0n) is 14.2. The Hall–Kier alpha value is -2.87. The van der Waals surface area contributed by atoms with Crippen LogP contribution in [0.2, 0.25) is 5.02 Å². The fourth-order valence-electron chi connectivity index (χ4n) is 2.44. The number of benzene rings is 2. The first kappa shape index (κ1) is 18.9. The summed E-state index contributed by atoms with van der Waals surface area (Å²) in [7, 11) is 1.78. The van der Waals surface area contributed by atoms with Gasteiger partial charge in [0.05, 0.1) is 17.4 Å². The minimum atomic E-state index is -4.55. The molecule has 0 amide bonds. The number of hydrogen-bond acceptors (Lipinski definition) is 5. The van der Waals surface area contributed by atoms with E-state index in [1.807, 2.05) is 30.3 Å². The lowest BCUT2D eigenvalue weighted by atomic mass is 10.1. The SMILES string of the molecule is CN(Cc1ccccc1)c1nncc(Nc2ccc(Cl)cc2C(F)(F)F)n1. The van der Waals surface area contributed by atoms with Crippen molar-refractivity contribution < 1.29 is 13.2 Å². The molecule has 0 aliphatic carbocycles. The Morgan fingerprint density at radius 1 is 1.11 bits per heavy atom. The van der Waals surface area contributed by atoms with Crippen molar-refractivity contribution in [2.24, 2.45) is 0 Å². The van der Waals surface area contributed by atoms with Crippen LogP contribution in [0.1, 0.15) is 11.1 Å². The molecule has 0 spiro atoms. The lowest BCUT2D eigenvalue weighted by molar-refractivity contribution is -0.136. The number of nitrogens with zero attached hydrogens (tertiary/aromatic N) is 4. The summed E-state index contributed by atoms with van der Waals surface area (Å²) in [6.07, 6.45) is -3.30. The molecule has 1 N–H and O–H groups in total. The van der Waals surface area contributed by atoms with Crippen LogP contribution in [0.3, 0.4) is 0 Å². The van der Waals surface area contributed by atoms with E-state index >= 15 is 0 Å². The lowest BCUT2D eigenvalue weighted by Crippen LogP contribution is -2.20. The Morgan fingerprint density at radius 2 is 1.85 bits per heavy atom. The van der Waals surface area contributed by atoms with Crippen molar-refractivity contribution in [2.75, 3.05) is 17.3 Å². The molecule has 0 aliphatic rings. The van der Waals surface area contributed by atoms with Crippen LogP contribution in [0, 0.1) is 0 Å². The molecule has 140 valence electrons. The predicted octanol–water partition coefficient (Wildman–Crippen LogP) is 4.92. The summed E-state index contributed by atoms with van der Waals surface area (Å²) in [5.74, 6) is 0.430. The number of hydrogen-bond donors (Lipinski definition) is 1. The molecule has 0 atom stereocenters. The second kappa shape index (κ2) is 7.79. The molecule has 1 aromatic heterocycles. The summed E-state index contributed by atoms with van der Waals surface area (Å²) in [4.78, 5) is 6.00. The van der Waals surface area contributed by atoms with Gasteiger partial charge in [0.1, 0.15) is 0 Å². The van der Waals surface area contributed by atoms with Crippen LogP contribution in [0.5, 0.6) is 0 Å². The number of nitrogens with one attached hydrogen (secondary N) is 1. The highest BCUT2D eigenvalue weighted by molar-refractivity contribution is 6.30. The first-order valence-corrected chi connectivity index (χ1v) is 8.29. The first-order chi connectivity index (χ1) is 12.8. The van der Waals surface area contributed by atoms with E-state index in [2.05, 4.69) is 20.5 Å². The van der Waals surface area contributed by atoms with E-state index in [4.69, 9.17) is 11.6 Å². The molecule has 0 radical (unpaired) electrons. The number of alkyl halides is 3. The van der Waals surface area contributed by atoms with E-state index < -0.39 is 11.7 Å². The Bertz CT molecular complexity index is 918. The lowest BCUT2D eigenvalue weighted by Gasteiger charge is -2.18. The number of anilines is 3. The molecular formula is C18H15ClF3N5. The number of halogens is 4. The van der Waals surface area contributed by atoms with Gasteiger partial charge in [0.15, 0.2) is 5.82 Å². The fourth-order valence-corrected chi connectivity index (χ4v) is 2.61. The maximum atomic E-state index is 13.2. The van der Waals surface area contributed by atoms with Crippen molar-refractivity contribution in [3.63, 3.8) is 0 Å². The molecule has 3 rings (SSSR count). The third-order valence-electron chi connectivity index (χ3n) is 3.70. The largest absolute Gasteiger partial charge is 0.418 e. The number of rotatable bonds is 5. The van der Waals surface area contributed by atoms with Crippen molar-refractivity contribution in [1.82, 2.24) is 15.2 Å². The van der Waals surface area contributed by atoms with E-state index in [1.54, 1.807) is 11.9 Å². The van der Waals surface area contributed by atoms with Gasteiger partial charge in [-0.15, -0.1) is 5.10 Å². The predicted molar refractivity (Wildman–Crippen MR) is 98.1 cm³/mol. The van der Waals surface area contributed by atoms with Gasteiger partial charge in [-0.2, -0.15) is 23.3 Å². The number of aromatic nitrogens is 3.